The molecule has 1 fully saturated rings. The first-order valence-electron chi connectivity index (χ1n) is 1.75. The highest BCUT2D eigenvalue weighted by Crippen LogP contribution is 2.06. The second-order valence-corrected chi connectivity index (χ2v) is 2.78. The maximum absolute atomic E-state index is 10.2. The summed E-state index contributed by atoms with van der Waals surface area (Å²) in [6, 6.07) is 0. The lowest BCUT2D eigenvalue weighted by Gasteiger charge is -1.81. The van der Waals surface area contributed by atoms with Gasteiger partial charge in [0.2, 0.25) is 5.91 Å². The Kier molecular flexibility index (Phi) is 3.01. The van der Waals surface area contributed by atoms with Crippen molar-refractivity contribution in [3.05, 3.63) is 0 Å². The monoisotopic (exact) mass is 149 g/mol. The molecule has 0 saturated carbocycles. The van der Waals surface area contributed by atoms with Crippen LogP contribution in [0.4, 0.5) is 0 Å². The second kappa shape index (κ2) is 3.04. The summed E-state index contributed by atoms with van der Waals surface area (Å²) in [5, 5.41) is 2.47. The van der Waals surface area contributed by atoms with Crippen molar-refractivity contribution in [3.8, 4) is 0 Å². The van der Waals surface area contributed by atoms with Crippen LogP contribution >= 0.6 is 24.0 Å². The Labute approximate surface area is 58.0 Å². The minimum Gasteiger partial charge on any atom is -0.311 e. The topological polar surface area (TPSA) is 29.1 Å². The molecular formula is C4H7NOS2. The quantitative estimate of drug-likeness (QED) is 0.516. The summed E-state index contributed by atoms with van der Waals surface area (Å²) in [5.74, 6) is 0.522. The largest absolute Gasteiger partial charge is 0.311 e. The molecule has 1 heterocycles. The van der Waals surface area contributed by atoms with Crippen LogP contribution in [0.3, 0.4) is 0 Å². The molecule has 1 aliphatic rings. The Morgan fingerprint density at radius 2 is 2.38 bits per heavy atom. The Morgan fingerprint density at radius 3 is 2.50 bits per heavy atom. The molecule has 1 saturated heterocycles. The molecule has 0 atom stereocenters. The van der Waals surface area contributed by atoms with Crippen molar-refractivity contribution in [2.75, 3.05) is 5.75 Å². The molecule has 0 unspecified atom stereocenters. The maximum atomic E-state index is 10.2. The van der Waals surface area contributed by atoms with Crippen LogP contribution in [0.2, 0.25) is 0 Å². The van der Waals surface area contributed by atoms with Gasteiger partial charge in [-0.15, -0.1) is 0 Å². The first kappa shape index (κ1) is 7.91. The third-order valence-electron chi connectivity index (χ3n) is 0.576. The second-order valence-electron chi connectivity index (χ2n) is 1.12. The molecule has 4 heteroatoms. The van der Waals surface area contributed by atoms with Gasteiger partial charge < -0.3 is 5.32 Å². The van der Waals surface area contributed by atoms with Gasteiger partial charge in [-0.1, -0.05) is 31.4 Å². The molecular weight excluding hydrogens is 142 g/mol. The van der Waals surface area contributed by atoms with Crippen molar-refractivity contribution < 1.29 is 4.79 Å². The SMILES string of the molecule is C.O=C1CSC(=S)N1. The lowest BCUT2D eigenvalue weighted by atomic mass is 10.7. The maximum Gasteiger partial charge on any atom is 0.235 e. The normalized spacial score (nSPS) is 17.5. The number of thioether (sulfide) groups is 1. The minimum atomic E-state index is 0. The zero-order valence-corrected chi connectivity index (χ0v) is 5.06. The van der Waals surface area contributed by atoms with Crippen LogP contribution in [-0.2, 0) is 4.79 Å². The summed E-state index contributed by atoms with van der Waals surface area (Å²) in [5.41, 5.74) is 0. The number of rotatable bonds is 0. The summed E-state index contributed by atoms with van der Waals surface area (Å²) in [4.78, 5) is 10.2. The fourth-order valence-corrected chi connectivity index (χ4v) is 1.13. The highest BCUT2D eigenvalue weighted by molar-refractivity contribution is 8.24. The molecule has 2 nitrogen and oxygen atoms in total. The molecule has 0 bridgehead atoms. The molecule has 0 aromatic rings. The molecule has 8 heavy (non-hydrogen) atoms. The number of carbonyl (C=O) groups excluding carboxylic acids is 1. The van der Waals surface area contributed by atoms with E-state index in [2.05, 4.69) is 17.5 Å². The molecule has 1 rings (SSSR count). The predicted octanol–water partition coefficient (Wildman–Crippen LogP) is 0.770. The van der Waals surface area contributed by atoms with Gasteiger partial charge in [0.15, 0.2) is 0 Å². The summed E-state index contributed by atoms with van der Waals surface area (Å²) in [6.07, 6.45) is 0. The third-order valence-corrected chi connectivity index (χ3v) is 1.80. The standard InChI is InChI=1S/C3H3NOS2.CH4/c5-2-1-7-3(6)4-2;/h1H2,(H,4,5,6);1H4. The van der Waals surface area contributed by atoms with E-state index in [-0.39, 0.29) is 13.3 Å². The molecule has 0 aromatic heterocycles. The van der Waals surface area contributed by atoms with Crippen LogP contribution < -0.4 is 5.32 Å². The van der Waals surface area contributed by atoms with Crippen molar-refractivity contribution in [1.29, 1.82) is 0 Å². The molecule has 0 spiro atoms. The zero-order chi connectivity index (χ0) is 5.28. The number of hydrogen-bond donors (Lipinski definition) is 1. The highest BCUT2D eigenvalue weighted by atomic mass is 32.2. The van der Waals surface area contributed by atoms with E-state index in [0.29, 0.717) is 10.1 Å². The van der Waals surface area contributed by atoms with Crippen LogP contribution in [0.15, 0.2) is 0 Å². The zero-order valence-electron chi connectivity index (χ0n) is 3.43. The van der Waals surface area contributed by atoms with E-state index in [4.69, 9.17) is 0 Å². The molecule has 46 valence electrons. The summed E-state index contributed by atoms with van der Waals surface area (Å²) < 4.78 is 0.602. The van der Waals surface area contributed by atoms with Gasteiger partial charge in [0, 0.05) is 0 Å². The lowest BCUT2D eigenvalue weighted by molar-refractivity contribution is -0.116. The molecule has 0 radical (unpaired) electrons. The fraction of sp³-hybridized carbons (Fsp3) is 0.500. The van der Waals surface area contributed by atoms with Crippen molar-refractivity contribution in [2.45, 2.75) is 7.43 Å². The van der Waals surface area contributed by atoms with Crippen LogP contribution in [0.1, 0.15) is 7.43 Å². The number of nitrogens with one attached hydrogen (secondary N) is 1. The van der Waals surface area contributed by atoms with E-state index in [1.165, 1.54) is 11.8 Å². The third kappa shape index (κ3) is 1.79. The number of amides is 1. The number of thiocarbonyl (C=S) groups is 1. The molecule has 1 amide bonds. The van der Waals surface area contributed by atoms with E-state index in [0.717, 1.165) is 0 Å². The predicted molar refractivity (Wildman–Crippen MR) is 39.9 cm³/mol. The van der Waals surface area contributed by atoms with Gasteiger partial charge in [-0.25, -0.2) is 0 Å². The van der Waals surface area contributed by atoms with Crippen molar-refractivity contribution in [1.82, 2.24) is 5.32 Å². The summed E-state index contributed by atoms with van der Waals surface area (Å²) in [7, 11) is 0. The summed E-state index contributed by atoms with van der Waals surface area (Å²) in [6.45, 7) is 0. The first-order chi connectivity index (χ1) is 3.29. The summed E-state index contributed by atoms with van der Waals surface area (Å²) >= 11 is 6.00. The average Bonchev–Trinajstić information content (AvgIpc) is 1.87. The lowest BCUT2D eigenvalue weighted by Crippen LogP contribution is -2.18. The number of carbonyl (C=O) groups is 1. The van der Waals surface area contributed by atoms with Crippen molar-refractivity contribution in [2.24, 2.45) is 0 Å². The van der Waals surface area contributed by atoms with E-state index in [9.17, 15) is 4.79 Å². The smallest absolute Gasteiger partial charge is 0.235 e. The average molecular weight is 149 g/mol. The van der Waals surface area contributed by atoms with Gasteiger partial charge in [-0.05, 0) is 0 Å². The van der Waals surface area contributed by atoms with E-state index in [1.807, 2.05) is 0 Å². The molecule has 0 aromatic carbocycles. The van der Waals surface area contributed by atoms with Crippen LogP contribution in [-0.4, -0.2) is 16.0 Å². The highest BCUT2D eigenvalue weighted by Gasteiger charge is 2.13. The van der Waals surface area contributed by atoms with Gasteiger partial charge >= 0.3 is 0 Å². The molecule has 1 N–H and O–H groups in total. The Hall–Kier alpha value is -0.0900. The Balaban J connectivity index is 0.000000490. The van der Waals surface area contributed by atoms with Crippen molar-refractivity contribution in [3.63, 3.8) is 0 Å². The van der Waals surface area contributed by atoms with Crippen LogP contribution in [0, 0.1) is 0 Å². The van der Waals surface area contributed by atoms with E-state index >= 15 is 0 Å². The van der Waals surface area contributed by atoms with Crippen LogP contribution in [0.5, 0.6) is 0 Å². The first-order valence-corrected chi connectivity index (χ1v) is 3.15. The number of hydrogen-bond acceptors (Lipinski definition) is 3. The van der Waals surface area contributed by atoms with Gasteiger partial charge in [-0.3, -0.25) is 4.79 Å². The molecule has 1 aliphatic heterocycles. The molecule has 0 aliphatic carbocycles. The van der Waals surface area contributed by atoms with Gasteiger partial charge in [0.05, 0.1) is 5.75 Å². The van der Waals surface area contributed by atoms with E-state index < -0.39 is 0 Å². The van der Waals surface area contributed by atoms with Gasteiger partial charge in [0.1, 0.15) is 4.32 Å². The Bertz CT molecular complexity index is 109. The van der Waals surface area contributed by atoms with Gasteiger partial charge in [-0.2, -0.15) is 0 Å². The minimum absolute atomic E-state index is 0. The van der Waals surface area contributed by atoms with Crippen molar-refractivity contribution >= 4 is 34.2 Å². The fourth-order valence-electron chi connectivity index (χ4n) is 0.317. The Morgan fingerprint density at radius 1 is 1.75 bits per heavy atom. The van der Waals surface area contributed by atoms with Gasteiger partial charge in [0.25, 0.3) is 0 Å². The van der Waals surface area contributed by atoms with E-state index in [1.54, 1.807) is 0 Å². The van der Waals surface area contributed by atoms with Crippen LogP contribution in [0.25, 0.3) is 0 Å².